The van der Waals surface area contributed by atoms with Crippen LogP contribution in [0.1, 0.15) is 6.42 Å². The smallest absolute Gasteiger partial charge is 0.0254 e. The number of nitrogens with two attached hydrogens (primary N) is 1. The Labute approximate surface area is 60.9 Å². The van der Waals surface area contributed by atoms with Crippen LogP contribution >= 0.6 is 31.9 Å². The van der Waals surface area contributed by atoms with E-state index in [0.29, 0.717) is 4.83 Å². The quantitative estimate of drug-likeness (QED) is 0.731. The number of rotatable bonds is 3. The number of halogens is 2. The average Bonchev–Trinajstić information content (AvgIpc) is 1.68. The zero-order valence-electron chi connectivity index (χ0n) is 4.03. The molecule has 0 heterocycles. The van der Waals surface area contributed by atoms with Crippen LogP contribution in [0.2, 0.25) is 0 Å². The van der Waals surface area contributed by atoms with E-state index in [-0.39, 0.29) is 0 Å². The molecule has 0 aromatic heterocycles. The van der Waals surface area contributed by atoms with Crippen molar-refractivity contribution in [2.75, 3.05) is 11.9 Å². The van der Waals surface area contributed by atoms with Crippen molar-refractivity contribution in [3.05, 3.63) is 0 Å². The first-order chi connectivity index (χ1) is 3.31. The summed E-state index contributed by atoms with van der Waals surface area (Å²) in [7, 11) is 0. The highest BCUT2D eigenvalue weighted by molar-refractivity contribution is 9.12. The van der Waals surface area contributed by atoms with Gasteiger partial charge in [-0.05, 0) is 13.0 Å². The third-order valence-electron chi connectivity index (χ3n) is 0.647. The van der Waals surface area contributed by atoms with E-state index in [2.05, 4.69) is 31.9 Å². The molecular weight excluding hydrogens is 222 g/mol. The van der Waals surface area contributed by atoms with Gasteiger partial charge in [0, 0.05) is 10.2 Å². The second-order valence-electron chi connectivity index (χ2n) is 1.33. The first kappa shape index (κ1) is 7.92. The maximum Gasteiger partial charge on any atom is 0.0254 e. The van der Waals surface area contributed by atoms with Gasteiger partial charge in [0.2, 0.25) is 0 Å². The Kier molecular flexibility index (Phi) is 5.73. The first-order valence-corrected chi connectivity index (χ1v) is 4.25. The topological polar surface area (TPSA) is 26.0 Å². The molecule has 0 aliphatic heterocycles. The van der Waals surface area contributed by atoms with Gasteiger partial charge in [0.25, 0.3) is 0 Å². The molecule has 0 aliphatic carbocycles. The van der Waals surface area contributed by atoms with E-state index in [1.807, 2.05) is 0 Å². The molecule has 0 rings (SSSR count). The molecule has 0 fully saturated rings. The van der Waals surface area contributed by atoms with Crippen LogP contribution in [0.4, 0.5) is 0 Å². The Morgan fingerprint density at radius 2 is 2.14 bits per heavy atom. The minimum atomic E-state index is 0.553. The summed E-state index contributed by atoms with van der Waals surface area (Å²) in [5.41, 5.74) is 5.25. The molecule has 0 radical (unpaired) electrons. The van der Waals surface area contributed by atoms with Crippen LogP contribution in [0.25, 0.3) is 0 Å². The van der Waals surface area contributed by atoms with E-state index in [0.717, 1.165) is 18.3 Å². The van der Waals surface area contributed by atoms with E-state index in [4.69, 9.17) is 5.73 Å². The molecule has 0 aromatic carbocycles. The SMILES string of the molecule is NCCC(Br)CBr. The third-order valence-corrected chi connectivity index (χ3v) is 3.08. The maximum atomic E-state index is 5.25. The monoisotopic (exact) mass is 229 g/mol. The molecule has 0 aliphatic rings. The summed E-state index contributed by atoms with van der Waals surface area (Å²) in [6.45, 7) is 0.765. The van der Waals surface area contributed by atoms with Crippen molar-refractivity contribution in [3.8, 4) is 0 Å². The van der Waals surface area contributed by atoms with Crippen LogP contribution in [0.15, 0.2) is 0 Å². The van der Waals surface area contributed by atoms with Gasteiger partial charge < -0.3 is 5.73 Å². The van der Waals surface area contributed by atoms with Gasteiger partial charge in [-0.3, -0.25) is 0 Å². The van der Waals surface area contributed by atoms with Crippen LogP contribution in [0, 0.1) is 0 Å². The Balaban J connectivity index is 2.83. The van der Waals surface area contributed by atoms with Gasteiger partial charge in [0.1, 0.15) is 0 Å². The minimum absolute atomic E-state index is 0.553. The molecule has 0 spiro atoms. The van der Waals surface area contributed by atoms with Crippen molar-refractivity contribution in [3.63, 3.8) is 0 Å². The molecule has 0 amide bonds. The summed E-state index contributed by atoms with van der Waals surface area (Å²) in [4.78, 5) is 0.553. The maximum absolute atomic E-state index is 5.25. The molecule has 0 saturated heterocycles. The molecule has 0 aromatic rings. The molecule has 1 atom stereocenters. The summed E-state index contributed by atoms with van der Waals surface area (Å²) in [6.07, 6.45) is 1.05. The van der Waals surface area contributed by atoms with Crippen LogP contribution < -0.4 is 5.73 Å². The van der Waals surface area contributed by atoms with E-state index < -0.39 is 0 Å². The highest BCUT2D eigenvalue weighted by Gasteiger charge is 1.96. The number of hydrogen-bond donors (Lipinski definition) is 1. The predicted octanol–water partition coefficient (Wildman–Crippen LogP) is 1.49. The minimum Gasteiger partial charge on any atom is -0.330 e. The zero-order chi connectivity index (χ0) is 5.70. The summed E-state index contributed by atoms with van der Waals surface area (Å²) < 4.78 is 0. The molecule has 2 N–H and O–H groups in total. The van der Waals surface area contributed by atoms with Gasteiger partial charge in [-0.2, -0.15) is 0 Å². The fourth-order valence-corrected chi connectivity index (χ4v) is 0.846. The lowest BCUT2D eigenvalue weighted by atomic mass is 10.3. The van der Waals surface area contributed by atoms with Gasteiger partial charge in [-0.15, -0.1) is 0 Å². The van der Waals surface area contributed by atoms with E-state index in [9.17, 15) is 0 Å². The summed E-state index contributed by atoms with van der Waals surface area (Å²) in [5.74, 6) is 0. The van der Waals surface area contributed by atoms with Crippen LogP contribution in [0.5, 0.6) is 0 Å². The highest BCUT2D eigenvalue weighted by Crippen LogP contribution is 2.05. The molecule has 1 unspecified atom stereocenters. The molecule has 7 heavy (non-hydrogen) atoms. The average molecular weight is 231 g/mol. The van der Waals surface area contributed by atoms with Crippen molar-refractivity contribution in [2.24, 2.45) is 5.73 Å². The second-order valence-corrected chi connectivity index (χ2v) is 3.27. The highest BCUT2D eigenvalue weighted by atomic mass is 79.9. The predicted molar refractivity (Wildman–Crippen MR) is 40.2 cm³/mol. The molecule has 3 heteroatoms. The van der Waals surface area contributed by atoms with E-state index >= 15 is 0 Å². The van der Waals surface area contributed by atoms with Gasteiger partial charge in [0.05, 0.1) is 0 Å². The largest absolute Gasteiger partial charge is 0.330 e. The van der Waals surface area contributed by atoms with Gasteiger partial charge in [0.15, 0.2) is 0 Å². The Morgan fingerprint density at radius 3 is 2.29 bits per heavy atom. The molecule has 0 saturated carbocycles. The standard InChI is InChI=1S/C4H9Br2N/c5-3-4(6)1-2-7/h4H,1-3,7H2. The van der Waals surface area contributed by atoms with Crippen molar-refractivity contribution in [1.82, 2.24) is 0 Å². The van der Waals surface area contributed by atoms with Crippen LogP contribution in [-0.4, -0.2) is 16.7 Å². The number of alkyl halides is 2. The van der Waals surface area contributed by atoms with E-state index in [1.165, 1.54) is 0 Å². The van der Waals surface area contributed by atoms with Crippen molar-refractivity contribution in [2.45, 2.75) is 11.2 Å². The van der Waals surface area contributed by atoms with Crippen LogP contribution in [0.3, 0.4) is 0 Å². The lowest BCUT2D eigenvalue weighted by molar-refractivity contribution is 0.844. The van der Waals surface area contributed by atoms with Gasteiger partial charge >= 0.3 is 0 Å². The molecule has 0 bridgehead atoms. The zero-order valence-corrected chi connectivity index (χ0v) is 7.20. The third kappa shape index (κ3) is 4.78. The normalized spacial score (nSPS) is 14.1. The van der Waals surface area contributed by atoms with Gasteiger partial charge in [-0.25, -0.2) is 0 Å². The Hall–Kier alpha value is 0.920. The molecular formula is C4H9Br2N. The summed E-state index contributed by atoms with van der Waals surface area (Å²) >= 11 is 6.72. The Morgan fingerprint density at radius 1 is 1.57 bits per heavy atom. The van der Waals surface area contributed by atoms with Crippen LogP contribution in [-0.2, 0) is 0 Å². The first-order valence-electron chi connectivity index (χ1n) is 2.21. The van der Waals surface area contributed by atoms with Crippen molar-refractivity contribution < 1.29 is 0 Å². The van der Waals surface area contributed by atoms with Gasteiger partial charge in [-0.1, -0.05) is 31.9 Å². The second kappa shape index (κ2) is 5.06. The fourth-order valence-electron chi connectivity index (χ4n) is 0.258. The summed E-state index contributed by atoms with van der Waals surface area (Å²) in [5, 5.41) is 0.990. The number of hydrogen-bond acceptors (Lipinski definition) is 1. The summed E-state index contributed by atoms with van der Waals surface area (Å²) in [6, 6.07) is 0. The lowest BCUT2D eigenvalue weighted by Gasteiger charge is -1.99. The molecule has 1 nitrogen and oxygen atoms in total. The van der Waals surface area contributed by atoms with Crippen molar-refractivity contribution in [1.29, 1.82) is 0 Å². The lowest BCUT2D eigenvalue weighted by Crippen LogP contribution is -2.08. The van der Waals surface area contributed by atoms with E-state index in [1.54, 1.807) is 0 Å². The molecule has 44 valence electrons. The van der Waals surface area contributed by atoms with Crippen molar-refractivity contribution >= 4 is 31.9 Å². The fraction of sp³-hybridized carbons (Fsp3) is 1.00. The Bertz CT molecular complexity index is 40.7.